The standard InChI is InChI=1S/C12H12Cl2N4O2S/c1-15-7-8-5-9(13)6-10(11(8)14)21(19,20)18-12-16-3-2-4-17-12/h2-6,15H,7H2,1H3,(H,16,17,18). The van der Waals surface area contributed by atoms with Crippen LogP contribution in [0.2, 0.25) is 10.0 Å². The molecule has 0 radical (unpaired) electrons. The Morgan fingerprint density at radius 2 is 1.86 bits per heavy atom. The van der Waals surface area contributed by atoms with Gasteiger partial charge in [0, 0.05) is 24.0 Å². The molecule has 1 heterocycles. The smallest absolute Gasteiger partial charge is 0.265 e. The first-order chi connectivity index (χ1) is 9.94. The monoisotopic (exact) mass is 346 g/mol. The maximum absolute atomic E-state index is 12.4. The number of hydrogen-bond acceptors (Lipinski definition) is 5. The van der Waals surface area contributed by atoms with E-state index in [1.54, 1.807) is 19.2 Å². The van der Waals surface area contributed by atoms with Crippen molar-refractivity contribution in [2.24, 2.45) is 0 Å². The maximum atomic E-state index is 12.4. The van der Waals surface area contributed by atoms with Gasteiger partial charge in [-0.3, -0.25) is 0 Å². The Bertz CT molecular complexity index is 738. The predicted octanol–water partition coefficient (Wildman–Crippen LogP) is 2.30. The van der Waals surface area contributed by atoms with Gasteiger partial charge in [-0.15, -0.1) is 0 Å². The van der Waals surface area contributed by atoms with Crippen LogP contribution in [-0.4, -0.2) is 25.4 Å². The number of halogens is 2. The van der Waals surface area contributed by atoms with Crippen LogP contribution in [0.4, 0.5) is 5.95 Å². The van der Waals surface area contributed by atoms with E-state index >= 15 is 0 Å². The van der Waals surface area contributed by atoms with Gasteiger partial charge in [0.2, 0.25) is 5.95 Å². The summed E-state index contributed by atoms with van der Waals surface area (Å²) in [5.74, 6) is -0.0382. The van der Waals surface area contributed by atoms with Gasteiger partial charge in [-0.05, 0) is 30.8 Å². The van der Waals surface area contributed by atoms with Gasteiger partial charge in [0.15, 0.2) is 0 Å². The van der Waals surface area contributed by atoms with Crippen LogP contribution in [0, 0.1) is 0 Å². The summed E-state index contributed by atoms with van der Waals surface area (Å²) in [5, 5.41) is 3.28. The SMILES string of the molecule is CNCc1cc(Cl)cc(S(=O)(=O)Nc2ncccn2)c1Cl. The third-order valence-electron chi connectivity index (χ3n) is 2.53. The Kier molecular flexibility index (Phi) is 5.00. The molecule has 0 saturated heterocycles. The van der Waals surface area contributed by atoms with Crippen LogP contribution in [0.15, 0.2) is 35.5 Å². The second-order valence-corrected chi connectivity index (χ2v) is 6.55. The minimum absolute atomic E-state index is 0.0382. The van der Waals surface area contributed by atoms with Crippen molar-refractivity contribution in [1.82, 2.24) is 15.3 Å². The fourth-order valence-electron chi connectivity index (χ4n) is 1.66. The number of anilines is 1. The van der Waals surface area contributed by atoms with E-state index in [2.05, 4.69) is 20.0 Å². The van der Waals surface area contributed by atoms with Crippen molar-refractivity contribution in [3.8, 4) is 0 Å². The molecule has 0 atom stereocenters. The van der Waals surface area contributed by atoms with Gasteiger partial charge in [0.25, 0.3) is 10.0 Å². The molecule has 1 aromatic carbocycles. The van der Waals surface area contributed by atoms with Crippen LogP contribution in [0.25, 0.3) is 0 Å². The minimum atomic E-state index is -3.93. The molecule has 1 aromatic heterocycles. The molecule has 2 N–H and O–H groups in total. The largest absolute Gasteiger partial charge is 0.316 e. The molecule has 0 fully saturated rings. The molecular formula is C12H12Cl2N4O2S. The minimum Gasteiger partial charge on any atom is -0.316 e. The quantitative estimate of drug-likeness (QED) is 0.867. The molecule has 0 unspecified atom stereocenters. The number of rotatable bonds is 5. The first-order valence-electron chi connectivity index (χ1n) is 5.86. The van der Waals surface area contributed by atoms with Gasteiger partial charge in [-0.25, -0.2) is 23.1 Å². The van der Waals surface area contributed by atoms with Crippen molar-refractivity contribution in [3.63, 3.8) is 0 Å². The molecule has 0 spiro atoms. The molecule has 0 amide bonds. The van der Waals surface area contributed by atoms with Crippen molar-refractivity contribution in [1.29, 1.82) is 0 Å². The lowest BCUT2D eigenvalue weighted by Crippen LogP contribution is -2.16. The van der Waals surface area contributed by atoms with Gasteiger partial charge in [0.05, 0.1) is 5.02 Å². The number of benzene rings is 1. The van der Waals surface area contributed by atoms with Crippen LogP contribution in [-0.2, 0) is 16.6 Å². The zero-order chi connectivity index (χ0) is 15.5. The lowest BCUT2D eigenvalue weighted by atomic mass is 10.2. The highest BCUT2D eigenvalue weighted by molar-refractivity contribution is 7.92. The fraction of sp³-hybridized carbons (Fsp3) is 0.167. The Hall–Kier alpha value is -1.41. The first-order valence-corrected chi connectivity index (χ1v) is 8.10. The summed E-state index contributed by atoms with van der Waals surface area (Å²) < 4.78 is 27.0. The van der Waals surface area contributed by atoms with E-state index in [1.807, 2.05) is 0 Å². The Morgan fingerprint density at radius 1 is 1.19 bits per heavy atom. The molecule has 0 bridgehead atoms. The summed E-state index contributed by atoms with van der Waals surface area (Å²) in [6.45, 7) is 0.393. The van der Waals surface area contributed by atoms with Crippen LogP contribution in [0.1, 0.15) is 5.56 Å². The van der Waals surface area contributed by atoms with Gasteiger partial charge in [0.1, 0.15) is 4.90 Å². The topological polar surface area (TPSA) is 84.0 Å². The van der Waals surface area contributed by atoms with Crippen LogP contribution < -0.4 is 10.0 Å². The average Bonchev–Trinajstić information content (AvgIpc) is 2.43. The normalized spacial score (nSPS) is 11.4. The highest BCUT2D eigenvalue weighted by atomic mass is 35.5. The van der Waals surface area contributed by atoms with Crippen molar-refractivity contribution in [2.75, 3.05) is 11.8 Å². The number of nitrogens with zero attached hydrogens (tertiary/aromatic N) is 2. The van der Waals surface area contributed by atoms with Crippen molar-refractivity contribution in [3.05, 3.63) is 46.2 Å². The molecule has 0 saturated carbocycles. The third kappa shape index (κ3) is 3.82. The number of nitrogens with one attached hydrogen (secondary N) is 2. The second-order valence-electron chi connectivity index (χ2n) is 4.09. The summed E-state index contributed by atoms with van der Waals surface area (Å²) in [6, 6.07) is 4.47. The average molecular weight is 347 g/mol. The lowest BCUT2D eigenvalue weighted by Gasteiger charge is -2.12. The number of aromatic nitrogens is 2. The lowest BCUT2D eigenvalue weighted by molar-refractivity contribution is 0.600. The number of hydrogen-bond donors (Lipinski definition) is 2. The van der Waals surface area contributed by atoms with Crippen molar-refractivity contribution in [2.45, 2.75) is 11.4 Å². The molecule has 0 aliphatic heterocycles. The molecular weight excluding hydrogens is 335 g/mol. The zero-order valence-corrected chi connectivity index (χ0v) is 13.3. The number of sulfonamides is 1. The van der Waals surface area contributed by atoms with Crippen molar-refractivity contribution < 1.29 is 8.42 Å². The predicted molar refractivity (Wildman–Crippen MR) is 82.1 cm³/mol. The van der Waals surface area contributed by atoms with E-state index in [9.17, 15) is 8.42 Å². The van der Waals surface area contributed by atoms with Crippen LogP contribution in [0.5, 0.6) is 0 Å². The van der Waals surface area contributed by atoms with E-state index in [4.69, 9.17) is 23.2 Å². The van der Waals surface area contributed by atoms with E-state index in [0.717, 1.165) is 0 Å². The third-order valence-corrected chi connectivity index (χ3v) is 4.66. The van der Waals surface area contributed by atoms with E-state index in [0.29, 0.717) is 12.1 Å². The molecule has 6 nitrogen and oxygen atoms in total. The van der Waals surface area contributed by atoms with Crippen molar-refractivity contribution >= 4 is 39.2 Å². The fourth-order valence-corrected chi connectivity index (χ4v) is 3.55. The van der Waals surface area contributed by atoms with E-state index < -0.39 is 10.0 Å². The van der Waals surface area contributed by atoms with E-state index in [-0.39, 0.29) is 20.9 Å². The second kappa shape index (κ2) is 6.57. The Labute approximate surface area is 132 Å². The summed E-state index contributed by atoms with van der Waals surface area (Å²) in [4.78, 5) is 7.50. The zero-order valence-electron chi connectivity index (χ0n) is 11.0. The maximum Gasteiger partial charge on any atom is 0.265 e. The van der Waals surface area contributed by atoms with Gasteiger partial charge < -0.3 is 5.32 Å². The Morgan fingerprint density at radius 3 is 2.48 bits per heavy atom. The molecule has 112 valence electrons. The van der Waals surface area contributed by atoms with Crippen LogP contribution >= 0.6 is 23.2 Å². The summed E-state index contributed by atoms with van der Waals surface area (Å²) in [5.41, 5.74) is 0.584. The van der Waals surface area contributed by atoms with Crippen LogP contribution in [0.3, 0.4) is 0 Å². The molecule has 2 rings (SSSR count). The Balaban J connectivity index is 2.45. The first kappa shape index (κ1) is 16.0. The molecule has 21 heavy (non-hydrogen) atoms. The molecule has 0 aliphatic rings. The molecule has 2 aromatic rings. The van der Waals surface area contributed by atoms with Gasteiger partial charge >= 0.3 is 0 Å². The summed E-state index contributed by atoms with van der Waals surface area (Å²) in [6.07, 6.45) is 2.85. The van der Waals surface area contributed by atoms with Gasteiger partial charge in [-0.2, -0.15) is 0 Å². The summed E-state index contributed by atoms with van der Waals surface area (Å²) in [7, 11) is -2.20. The van der Waals surface area contributed by atoms with Gasteiger partial charge in [-0.1, -0.05) is 23.2 Å². The highest BCUT2D eigenvalue weighted by Crippen LogP contribution is 2.30. The molecule has 9 heteroatoms. The molecule has 0 aliphatic carbocycles. The van der Waals surface area contributed by atoms with E-state index in [1.165, 1.54) is 18.5 Å². The highest BCUT2D eigenvalue weighted by Gasteiger charge is 2.22. The summed E-state index contributed by atoms with van der Waals surface area (Å²) >= 11 is 12.1.